The van der Waals surface area contributed by atoms with Gasteiger partial charge >= 0.3 is 0 Å². The third-order valence-corrected chi connectivity index (χ3v) is 2.74. The molecule has 0 radical (unpaired) electrons. The van der Waals surface area contributed by atoms with Gasteiger partial charge in [-0.2, -0.15) is 0 Å². The molecule has 1 aliphatic rings. The van der Waals surface area contributed by atoms with E-state index in [0.29, 0.717) is 11.7 Å². The van der Waals surface area contributed by atoms with Crippen molar-refractivity contribution in [2.24, 2.45) is 11.7 Å². The highest BCUT2D eigenvalue weighted by Crippen LogP contribution is 2.39. The Labute approximate surface area is 78.4 Å². The number of phenols is 1. The van der Waals surface area contributed by atoms with Gasteiger partial charge in [-0.05, 0) is 42.9 Å². The zero-order valence-electron chi connectivity index (χ0n) is 7.83. The minimum Gasteiger partial charge on any atom is -0.508 e. The van der Waals surface area contributed by atoms with Crippen molar-refractivity contribution in [3.05, 3.63) is 29.3 Å². The van der Waals surface area contributed by atoms with E-state index in [9.17, 15) is 5.11 Å². The summed E-state index contributed by atoms with van der Waals surface area (Å²) in [6, 6.07) is 5.80. The summed E-state index contributed by atoms with van der Waals surface area (Å²) in [5, 5.41) is 9.34. The van der Waals surface area contributed by atoms with Crippen LogP contribution < -0.4 is 5.73 Å². The molecular formula is C11H15NO. The summed E-state index contributed by atoms with van der Waals surface area (Å²) in [6.07, 6.45) is 2.50. The van der Waals surface area contributed by atoms with Crippen LogP contribution in [0.3, 0.4) is 0 Å². The van der Waals surface area contributed by atoms with Crippen LogP contribution in [0.2, 0.25) is 0 Å². The topological polar surface area (TPSA) is 46.2 Å². The van der Waals surface area contributed by atoms with Crippen molar-refractivity contribution >= 4 is 0 Å². The summed E-state index contributed by atoms with van der Waals surface area (Å²) in [5.74, 6) is 1.02. The summed E-state index contributed by atoms with van der Waals surface area (Å²) >= 11 is 0. The fourth-order valence-corrected chi connectivity index (χ4v) is 1.61. The van der Waals surface area contributed by atoms with Crippen molar-refractivity contribution in [1.29, 1.82) is 0 Å². The minimum atomic E-state index is 0.166. The van der Waals surface area contributed by atoms with Crippen molar-refractivity contribution in [2.45, 2.75) is 25.8 Å². The average Bonchev–Trinajstić information content (AvgIpc) is 2.91. The lowest BCUT2D eigenvalue weighted by molar-refractivity contribution is 0.470. The van der Waals surface area contributed by atoms with Gasteiger partial charge in [-0.15, -0.1) is 0 Å². The molecule has 1 fully saturated rings. The van der Waals surface area contributed by atoms with Crippen LogP contribution in [0.25, 0.3) is 0 Å². The summed E-state index contributed by atoms with van der Waals surface area (Å²) in [5.41, 5.74) is 8.10. The second-order valence-corrected chi connectivity index (χ2v) is 3.91. The Bertz CT molecular complexity index is 318. The first-order valence-corrected chi connectivity index (χ1v) is 4.73. The highest BCUT2D eigenvalue weighted by molar-refractivity contribution is 5.36. The fraction of sp³-hybridized carbons (Fsp3) is 0.455. The van der Waals surface area contributed by atoms with E-state index < -0.39 is 0 Å². The number of rotatable bonds is 2. The summed E-state index contributed by atoms with van der Waals surface area (Å²) in [7, 11) is 0. The maximum absolute atomic E-state index is 9.34. The van der Waals surface area contributed by atoms with Crippen molar-refractivity contribution < 1.29 is 5.11 Å². The third-order valence-electron chi connectivity index (χ3n) is 2.74. The SMILES string of the molecule is Cc1cc([C@H](N)C2CC2)ccc1O. The molecule has 1 aromatic carbocycles. The molecule has 1 atom stereocenters. The number of aryl methyl sites for hydroxylation is 1. The molecule has 0 heterocycles. The molecule has 0 unspecified atom stereocenters. The second kappa shape index (κ2) is 3.04. The molecule has 1 aliphatic carbocycles. The smallest absolute Gasteiger partial charge is 0.118 e. The van der Waals surface area contributed by atoms with E-state index in [1.54, 1.807) is 6.07 Å². The maximum atomic E-state index is 9.34. The highest BCUT2D eigenvalue weighted by Gasteiger charge is 2.29. The molecule has 3 N–H and O–H groups in total. The van der Waals surface area contributed by atoms with E-state index in [-0.39, 0.29) is 6.04 Å². The standard InChI is InChI=1S/C11H15NO/c1-7-6-9(4-5-10(7)13)11(12)8-2-3-8/h4-6,8,11,13H,2-3,12H2,1H3/t11-/m1/s1. The molecular weight excluding hydrogens is 162 g/mol. The largest absolute Gasteiger partial charge is 0.508 e. The van der Waals surface area contributed by atoms with Crippen LogP contribution in [0, 0.1) is 12.8 Å². The number of aromatic hydroxyl groups is 1. The first-order valence-electron chi connectivity index (χ1n) is 4.73. The Hall–Kier alpha value is -1.02. The Balaban J connectivity index is 2.24. The second-order valence-electron chi connectivity index (χ2n) is 3.91. The summed E-state index contributed by atoms with van der Waals surface area (Å²) in [6.45, 7) is 1.90. The molecule has 0 aliphatic heterocycles. The zero-order valence-corrected chi connectivity index (χ0v) is 7.83. The van der Waals surface area contributed by atoms with Gasteiger partial charge in [0, 0.05) is 6.04 Å². The zero-order chi connectivity index (χ0) is 9.42. The van der Waals surface area contributed by atoms with E-state index in [2.05, 4.69) is 0 Å². The van der Waals surface area contributed by atoms with Gasteiger partial charge in [0.15, 0.2) is 0 Å². The monoisotopic (exact) mass is 177 g/mol. The molecule has 13 heavy (non-hydrogen) atoms. The van der Waals surface area contributed by atoms with Crippen LogP contribution in [0.4, 0.5) is 0 Å². The van der Waals surface area contributed by atoms with E-state index in [4.69, 9.17) is 5.73 Å². The van der Waals surface area contributed by atoms with Crippen LogP contribution in [-0.2, 0) is 0 Å². The van der Waals surface area contributed by atoms with Crippen molar-refractivity contribution in [2.75, 3.05) is 0 Å². The molecule has 0 aromatic heterocycles. The molecule has 70 valence electrons. The maximum Gasteiger partial charge on any atom is 0.118 e. The third kappa shape index (κ3) is 1.68. The number of nitrogens with two attached hydrogens (primary N) is 1. The Morgan fingerprint density at radius 3 is 2.69 bits per heavy atom. The Morgan fingerprint density at radius 1 is 1.46 bits per heavy atom. The molecule has 1 aromatic rings. The van der Waals surface area contributed by atoms with Gasteiger partial charge in [0.2, 0.25) is 0 Å². The molecule has 1 saturated carbocycles. The van der Waals surface area contributed by atoms with Crippen LogP contribution in [0.1, 0.15) is 30.0 Å². The van der Waals surface area contributed by atoms with Gasteiger partial charge in [-0.25, -0.2) is 0 Å². The summed E-state index contributed by atoms with van der Waals surface area (Å²) < 4.78 is 0. The molecule has 2 rings (SSSR count). The quantitative estimate of drug-likeness (QED) is 0.726. The Kier molecular flexibility index (Phi) is 2.00. The average molecular weight is 177 g/mol. The van der Waals surface area contributed by atoms with Gasteiger partial charge in [0.25, 0.3) is 0 Å². The lowest BCUT2D eigenvalue weighted by atomic mass is 10.0. The van der Waals surface area contributed by atoms with E-state index in [0.717, 1.165) is 11.1 Å². The lowest BCUT2D eigenvalue weighted by Gasteiger charge is -2.11. The Morgan fingerprint density at radius 2 is 2.15 bits per heavy atom. The van der Waals surface area contributed by atoms with Crippen LogP contribution in [0.15, 0.2) is 18.2 Å². The fourth-order valence-electron chi connectivity index (χ4n) is 1.61. The molecule has 0 amide bonds. The van der Waals surface area contributed by atoms with Gasteiger partial charge in [0.1, 0.15) is 5.75 Å². The predicted octanol–water partition coefficient (Wildman–Crippen LogP) is 2.11. The normalized spacial score (nSPS) is 18.6. The van der Waals surface area contributed by atoms with Gasteiger partial charge in [-0.1, -0.05) is 12.1 Å². The molecule has 2 nitrogen and oxygen atoms in total. The first-order chi connectivity index (χ1) is 6.18. The van der Waals surface area contributed by atoms with Gasteiger partial charge in [-0.3, -0.25) is 0 Å². The summed E-state index contributed by atoms with van der Waals surface area (Å²) in [4.78, 5) is 0. The van der Waals surface area contributed by atoms with E-state index >= 15 is 0 Å². The molecule has 0 saturated heterocycles. The van der Waals surface area contributed by atoms with Gasteiger partial charge < -0.3 is 10.8 Å². The lowest BCUT2D eigenvalue weighted by Crippen LogP contribution is -2.12. The predicted molar refractivity (Wildman–Crippen MR) is 52.5 cm³/mol. The van der Waals surface area contributed by atoms with Crippen molar-refractivity contribution in [3.63, 3.8) is 0 Å². The molecule has 2 heteroatoms. The van der Waals surface area contributed by atoms with Crippen LogP contribution in [-0.4, -0.2) is 5.11 Å². The molecule has 0 spiro atoms. The molecule has 0 bridgehead atoms. The first kappa shape index (κ1) is 8.57. The number of phenolic OH excluding ortho intramolecular Hbond substituents is 1. The highest BCUT2D eigenvalue weighted by atomic mass is 16.3. The van der Waals surface area contributed by atoms with Crippen molar-refractivity contribution in [3.8, 4) is 5.75 Å². The van der Waals surface area contributed by atoms with Crippen molar-refractivity contribution in [1.82, 2.24) is 0 Å². The number of hydrogen-bond acceptors (Lipinski definition) is 2. The minimum absolute atomic E-state index is 0.166. The number of benzene rings is 1. The van der Waals surface area contributed by atoms with E-state index in [1.807, 2.05) is 19.1 Å². The van der Waals surface area contributed by atoms with Crippen LogP contribution >= 0.6 is 0 Å². The van der Waals surface area contributed by atoms with E-state index in [1.165, 1.54) is 12.8 Å². The van der Waals surface area contributed by atoms with Gasteiger partial charge in [0.05, 0.1) is 0 Å². The number of hydrogen-bond donors (Lipinski definition) is 2. The van der Waals surface area contributed by atoms with Crippen LogP contribution in [0.5, 0.6) is 5.75 Å².